The maximum atomic E-state index is 8.90. The molecule has 0 amide bonds. The van der Waals surface area contributed by atoms with Gasteiger partial charge in [0, 0.05) is 19.3 Å². The lowest BCUT2D eigenvalue weighted by atomic mass is 9.98. The predicted molar refractivity (Wildman–Crippen MR) is 72.1 cm³/mol. The van der Waals surface area contributed by atoms with Crippen LogP contribution in [0.25, 0.3) is 0 Å². The standard InChI is InChI=1S/C13H19N5/c1-18-6-2-3-10(9-18)8-17-13-12(15)11(7-14)4-5-16-13/h4-5,10H,2-3,6,8-9,15H2,1H3,(H,16,17). The molecule has 0 spiro atoms. The number of rotatable bonds is 3. The van der Waals surface area contributed by atoms with Crippen LogP contribution in [0.1, 0.15) is 18.4 Å². The number of nitrogen functional groups attached to an aromatic ring is 1. The molecule has 5 heteroatoms. The molecule has 0 radical (unpaired) electrons. The minimum absolute atomic E-state index is 0.448. The molecular weight excluding hydrogens is 226 g/mol. The Morgan fingerprint density at radius 3 is 3.22 bits per heavy atom. The molecule has 0 bridgehead atoms. The number of aromatic nitrogens is 1. The van der Waals surface area contributed by atoms with E-state index in [1.165, 1.54) is 19.4 Å². The van der Waals surface area contributed by atoms with Crippen LogP contribution in [0.4, 0.5) is 11.5 Å². The van der Waals surface area contributed by atoms with E-state index in [-0.39, 0.29) is 0 Å². The van der Waals surface area contributed by atoms with Crippen LogP contribution in [0, 0.1) is 17.2 Å². The first kappa shape index (κ1) is 12.7. The molecule has 1 atom stereocenters. The lowest BCUT2D eigenvalue weighted by molar-refractivity contribution is 0.217. The van der Waals surface area contributed by atoms with Crippen molar-refractivity contribution in [3.63, 3.8) is 0 Å². The van der Waals surface area contributed by atoms with Crippen LogP contribution in [0.3, 0.4) is 0 Å². The Morgan fingerprint density at radius 2 is 2.50 bits per heavy atom. The Balaban J connectivity index is 1.96. The number of nitriles is 1. The van der Waals surface area contributed by atoms with Gasteiger partial charge < -0.3 is 16.0 Å². The third-order valence-corrected chi connectivity index (χ3v) is 3.39. The lowest BCUT2D eigenvalue weighted by Crippen LogP contribution is -2.35. The van der Waals surface area contributed by atoms with E-state index in [9.17, 15) is 0 Å². The minimum Gasteiger partial charge on any atom is -0.395 e. The number of hydrogen-bond acceptors (Lipinski definition) is 5. The second kappa shape index (κ2) is 5.69. The maximum absolute atomic E-state index is 8.90. The summed E-state index contributed by atoms with van der Waals surface area (Å²) in [6.07, 6.45) is 4.09. The Morgan fingerprint density at radius 1 is 1.67 bits per heavy atom. The number of hydrogen-bond donors (Lipinski definition) is 2. The molecule has 2 rings (SSSR count). The molecule has 0 saturated carbocycles. The molecule has 1 aromatic heterocycles. The van der Waals surface area contributed by atoms with Crippen molar-refractivity contribution in [2.24, 2.45) is 5.92 Å². The largest absolute Gasteiger partial charge is 0.395 e. The average Bonchev–Trinajstić information content (AvgIpc) is 2.38. The van der Waals surface area contributed by atoms with Crippen molar-refractivity contribution in [3.8, 4) is 6.07 Å². The Bertz CT molecular complexity index is 451. The fourth-order valence-corrected chi connectivity index (χ4v) is 2.39. The topological polar surface area (TPSA) is 78.0 Å². The van der Waals surface area contributed by atoms with Gasteiger partial charge in [-0.05, 0) is 38.4 Å². The fraction of sp³-hybridized carbons (Fsp3) is 0.538. The summed E-state index contributed by atoms with van der Waals surface area (Å²) >= 11 is 0. The van der Waals surface area contributed by atoms with Gasteiger partial charge in [0.25, 0.3) is 0 Å². The molecule has 1 aliphatic rings. The third kappa shape index (κ3) is 2.90. The van der Waals surface area contributed by atoms with Crippen LogP contribution in [0.15, 0.2) is 12.3 Å². The highest BCUT2D eigenvalue weighted by molar-refractivity contribution is 5.68. The Kier molecular flexibility index (Phi) is 4.00. The van der Waals surface area contributed by atoms with E-state index in [4.69, 9.17) is 11.0 Å². The summed E-state index contributed by atoms with van der Waals surface area (Å²) in [6, 6.07) is 3.70. The fourth-order valence-electron chi connectivity index (χ4n) is 2.39. The highest BCUT2D eigenvalue weighted by Gasteiger charge is 2.17. The van der Waals surface area contributed by atoms with E-state index in [0.717, 1.165) is 13.1 Å². The zero-order valence-electron chi connectivity index (χ0n) is 10.7. The Hall–Kier alpha value is -1.80. The van der Waals surface area contributed by atoms with Gasteiger partial charge in [-0.2, -0.15) is 5.26 Å². The number of piperidine rings is 1. The van der Waals surface area contributed by atoms with E-state index in [1.54, 1.807) is 12.3 Å². The van der Waals surface area contributed by atoms with Gasteiger partial charge in [-0.3, -0.25) is 0 Å². The molecule has 1 saturated heterocycles. The first-order valence-corrected chi connectivity index (χ1v) is 6.27. The van der Waals surface area contributed by atoms with E-state index < -0.39 is 0 Å². The van der Waals surface area contributed by atoms with E-state index in [0.29, 0.717) is 23.0 Å². The molecular formula is C13H19N5. The second-order valence-corrected chi connectivity index (χ2v) is 4.88. The average molecular weight is 245 g/mol. The van der Waals surface area contributed by atoms with E-state index in [1.807, 2.05) is 0 Å². The molecule has 2 heterocycles. The number of nitrogens with two attached hydrogens (primary N) is 1. The van der Waals surface area contributed by atoms with Gasteiger partial charge in [0.05, 0.1) is 11.3 Å². The van der Waals surface area contributed by atoms with Gasteiger partial charge in [-0.15, -0.1) is 0 Å². The zero-order valence-corrected chi connectivity index (χ0v) is 10.7. The predicted octanol–water partition coefficient (Wildman–Crippen LogP) is 1.29. The quantitative estimate of drug-likeness (QED) is 0.839. The van der Waals surface area contributed by atoms with Crippen molar-refractivity contribution in [2.45, 2.75) is 12.8 Å². The van der Waals surface area contributed by atoms with Gasteiger partial charge >= 0.3 is 0 Å². The van der Waals surface area contributed by atoms with Crippen molar-refractivity contribution in [2.75, 3.05) is 37.7 Å². The summed E-state index contributed by atoms with van der Waals surface area (Å²) < 4.78 is 0. The molecule has 1 aliphatic heterocycles. The highest BCUT2D eigenvalue weighted by atomic mass is 15.1. The smallest absolute Gasteiger partial charge is 0.150 e. The summed E-state index contributed by atoms with van der Waals surface area (Å²) in [7, 11) is 2.15. The molecule has 0 aliphatic carbocycles. The van der Waals surface area contributed by atoms with Crippen molar-refractivity contribution in [3.05, 3.63) is 17.8 Å². The highest BCUT2D eigenvalue weighted by Crippen LogP contribution is 2.21. The molecule has 18 heavy (non-hydrogen) atoms. The molecule has 1 fully saturated rings. The molecule has 3 N–H and O–H groups in total. The molecule has 1 unspecified atom stereocenters. The first-order chi connectivity index (χ1) is 8.70. The molecule has 0 aromatic carbocycles. The monoisotopic (exact) mass is 245 g/mol. The first-order valence-electron chi connectivity index (χ1n) is 6.27. The van der Waals surface area contributed by atoms with Crippen molar-refractivity contribution >= 4 is 11.5 Å². The summed E-state index contributed by atoms with van der Waals surface area (Å²) in [5.41, 5.74) is 6.81. The van der Waals surface area contributed by atoms with Crippen LogP contribution in [-0.4, -0.2) is 36.6 Å². The van der Waals surface area contributed by atoms with Crippen molar-refractivity contribution < 1.29 is 0 Å². The van der Waals surface area contributed by atoms with E-state index in [2.05, 4.69) is 28.3 Å². The van der Waals surface area contributed by atoms with Crippen LogP contribution in [0.2, 0.25) is 0 Å². The van der Waals surface area contributed by atoms with Crippen molar-refractivity contribution in [1.82, 2.24) is 9.88 Å². The zero-order chi connectivity index (χ0) is 13.0. The van der Waals surface area contributed by atoms with Gasteiger partial charge in [-0.1, -0.05) is 0 Å². The minimum atomic E-state index is 0.448. The normalized spacial score (nSPS) is 20.3. The molecule has 1 aromatic rings. The number of nitrogens with zero attached hydrogens (tertiary/aromatic N) is 3. The maximum Gasteiger partial charge on any atom is 0.150 e. The van der Waals surface area contributed by atoms with Gasteiger partial charge in [0.1, 0.15) is 6.07 Å². The lowest BCUT2D eigenvalue weighted by Gasteiger charge is -2.29. The van der Waals surface area contributed by atoms with Crippen LogP contribution in [-0.2, 0) is 0 Å². The number of pyridine rings is 1. The number of anilines is 2. The van der Waals surface area contributed by atoms with Crippen LogP contribution < -0.4 is 11.1 Å². The van der Waals surface area contributed by atoms with Gasteiger partial charge in [0.2, 0.25) is 0 Å². The van der Waals surface area contributed by atoms with Crippen molar-refractivity contribution in [1.29, 1.82) is 5.26 Å². The Labute approximate surface area is 108 Å². The summed E-state index contributed by atoms with van der Waals surface area (Å²) in [4.78, 5) is 6.54. The summed E-state index contributed by atoms with van der Waals surface area (Å²) in [6.45, 7) is 3.14. The van der Waals surface area contributed by atoms with Gasteiger partial charge in [0.15, 0.2) is 5.82 Å². The summed E-state index contributed by atoms with van der Waals surface area (Å²) in [5, 5.41) is 12.2. The van der Waals surface area contributed by atoms with Crippen LogP contribution >= 0.6 is 0 Å². The molecule has 5 nitrogen and oxygen atoms in total. The third-order valence-electron chi connectivity index (χ3n) is 3.39. The second-order valence-electron chi connectivity index (χ2n) is 4.88. The van der Waals surface area contributed by atoms with Gasteiger partial charge in [-0.25, -0.2) is 4.98 Å². The SMILES string of the molecule is CN1CCCC(CNc2nccc(C#N)c2N)C1. The van der Waals surface area contributed by atoms with Crippen LogP contribution in [0.5, 0.6) is 0 Å². The molecule has 96 valence electrons. The number of likely N-dealkylation sites (tertiary alicyclic amines) is 1. The van der Waals surface area contributed by atoms with E-state index >= 15 is 0 Å². The summed E-state index contributed by atoms with van der Waals surface area (Å²) in [5.74, 6) is 1.25. The number of nitrogens with one attached hydrogen (secondary N) is 1.